The Hall–Kier alpha value is -0.900. The fourth-order valence-corrected chi connectivity index (χ4v) is 1.62. The summed E-state index contributed by atoms with van der Waals surface area (Å²) < 4.78 is 0. The molecule has 0 unspecified atom stereocenters. The van der Waals surface area contributed by atoms with Crippen LogP contribution < -0.4 is 11.3 Å². The van der Waals surface area contributed by atoms with Crippen LogP contribution in [0.15, 0.2) is 18.2 Å². The fraction of sp³-hybridized carbons (Fsp3) is 0.500. The van der Waals surface area contributed by atoms with Crippen LogP contribution in [0.5, 0.6) is 0 Å². The van der Waals surface area contributed by atoms with Gasteiger partial charge in [0.05, 0.1) is 6.67 Å². The van der Waals surface area contributed by atoms with E-state index >= 15 is 0 Å². The molecule has 0 atom stereocenters. The molecule has 1 rings (SSSR count). The summed E-state index contributed by atoms with van der Waals surface area (Å²) in [5.41, 5.74) is 6.78. The summed E-state index contributed by atoms with van der Waals surface area (Å²) in [7, 11) is 2.06. The standard InChI is InChI=1S/C12H21N3/c1-10-4-5-11(2)12(8-10)6-7-15(3)9-14-13/h4-5,8,14H,6-7,9,13H2,1-3H3. The number of benzene rings is 1. The maximum absolute atomic E-state index is 5.26. The minimum absolute atomic E-state index is 0.727. The second-order valence-corrected chi connectivity index (χ2v) is 4.12. The summed E-state index contributed by atoms with van der Waals surface area (Å²) in [6.45, 7) is 6.05. The third-order valence-corrected chi connectivity index (χ3v) is 2.63. The molecule has 0 amide bonds. The van der Waals surface area contributed by atoms with Crippen LogP contribution in [-0.4, -0.2) is 25.2 Å². The topological polar surface area (TPSA) is 41.3 Å². The Kier molecular flexibility index (Phi) is 4.75. The third-order valence-electron chi connectivity index (χ3n) is 2.63. The van der Waals surface area contributed by atoms with E-state index in [-0.39, 0.29) is 0 Å². The number of aryl methyl sites for hydroxylation is 2. The molecular weight excluding hydrogens is 186 g/mol. The molecule has 0 heterocycles. The molecule has 1 aromatic carbocycles. The predicted octanol–water partition coefficient (Wildman–Crippen LogP) is 1.20. The van der Waals surface area contributed by atoms with Gasteiger partial charge < -0.3 is 0 Å². The van der Waals surface area contributed by atoms with Crippen LogP contribution in [0.3, 0.4) is 0 Å². The van der Waals surface area contributed by atoms with E-state index < -0.39 is 0 Å². The van der Waals surface area contributed by atoms with Gasteiger partial charge in [0.15, 0.2) is 0 Å². The molecule has 0 saturated heterocycles. The molecule has 0 aliphatic carbocycles. The Morgan fingerprint density at radius 2 is 2.07 bits per heavy atom. The first-order valence-corrected chi connectivity index (χ1v) is 5.31. The second kappa shape index (κ2) is 5.85. The number of rotatable bonds is 5. The van der Waals surface area contributed by atoms with Gasteiger partial charge in [-0.2, -0.15) is 0 Å². The van der Waals surface area contributed by atoms with Gasteiger partial charge in [-0.3, -0.25) is 10.7 Å². The molecule has 0 aliphatic rings. The highest BCUT2D eigenvalue weighted by molar-refractivity contribution is 5.30. The summed E-state index contributed by atoms with van der Waals surface area (Å²) >= 11 is 0. The zero-order valence-corrected chi connectivity index (χ0v) is 9.88. The maximum atomic E-state index is 5.26. The molecule has 3 nitrogen and oxygen atoms in total. The smallest absolute Gasteiger partial charge is 0.0610 e. The molecule has 3 N–H and O–H groups in total. The summed E-state index contributed by atoms with van der Waals surface area (Å²) in [5, 5.41) is 0. The van der Waals surface area contributed by atoms with Gasteiger partial charge >= 0.3 is 0 Å². The van der Waals surface area contributed by atoms with Crippen molar-refractivity contribution in [3.05, 3.63) is 34.9 Å². The largest absolute Gasteiger partial charge is 0.292 e. The van der Waals surface area contributed by atoms with Crippen LogP contribution in [0.1, 0.15) is 16.7 Å². The van der Waals surface area contributed by atoms with Crippen molar-refractivity contribution >= 4 is 0 Å². The summed E-state index contributed by atoms with van der Waals surface area (Å²) in [5.74, 6) is 5.26. The van der Waals surface area contributed by atoms with E-state index in [2.05, 4.69) is 49.4 Å². The first-order valence-electron chi connectivity index (χ1n) is 5.31. The van der Waals surface area contributed by atoms with Gasteiger partial charge in [0, 0.05) is 6.54 Å². The summed E-state index contributed by atoms with van der Waals surface area (Å²) in [6.07, 6.45) is 1.08. The van der Waals surface area contributed by atoms with Crippen molar-refractivity contribution in [1.29, 1.82) is 0 Å². The first-order chi connectivity index (χ1) is 7.13. The minimum Gasteiger partial charge on any atom is -0.292 e. The Morgan fingerprint density at radius 3 is 2.73 bits per heavy atom. The highest BCUT2D eigenvalue weighted by atomic mass is 15.3. The summed E-state index contributed by atoms with van der Waals surface area (Å²) in [4.78, 5) is 2.17. The molecule has 84 valence electrons. The van der Waals surface area contributed by atoms with Gasteiger partial charge in [0.25, 0.3) is 0 Å². The molecule has 0 aromatic heterocycles. The van der Waals surface area contributed by atoms with Gasteiger partial charge in [-0.25, -0.2) is 5.43 Å². The second-order valence-electron chi connectivity index (χ2n) is 4.12. The van der Waals surface area contributed by atoms with E-state index in [1.165, 1.54) is 16.7 Å². The van der Waals surface area contributed by atoms with Gasteiger partial charge in [0.1, 0.15) is 0 Å². The molecule has 0 radical (unpaired) electrons. The van der Waals surface area contributed by atoms with Crippen molar-refractivity contribution in [2.24, 2.45) is 5.84 Å². The zero-order chi connectivity index (χ0) is 11.3. The number of hydrazine groups is 1. The number of nitrogens with zero attached hydrogens (tertiary/aromatic N) is 1. The van der Waals surface area contributed by atoms with E-state index in [9.17, 15) is 0 Å². The van der Waals surface area contributed by atoms with Gasteiger partial charge in [0.2, 0.25) is 0 Å². The molecule has 15 heavy (non-hydrogen) atoms. The van der Waals surface area contributed by atoms with Crippen LogP contribution in [0, 0.1) is 13.8 Å². The van der Waals surface area contributed by atoms with Gasteiger partial charge in [-0.05, 0) is 38.4 Å². The highest BCUT2D eigenvalue weighted by Gasteiger charge is 2.01. The average molecular weight is 207 g/mol. The summed E-state index contributed by atoms with van der Waals surface area (Å²) in [6, 6.07) is 6.61. The van der Waals surface area contributed by atoms with Crippen molar-refractivity contribution < 1.29 is 0 Å². The lowest BCUT2D eigenvalue weighted by Crippen LogP contribution is -2.36. The maximum Gasteiger partial charge on any atom is 0.0610 e. The minimum atomic E-state index is 0.727. The molecule has 0 fully saturated rings. The van der Waals surface area contributed by atoms with E-state index in [1.54, 1.807) is 0 Å². The number of hydrogen-bond acceptors (Lipinski definition) is 3. The molecule has 1 aromatic rings. The monoisotopic (exact) mass is 207 g/mol. The number of hydrogen-bond donors (Lipinski definition) is 2. The Balaban J connectivity index is 2.53. The van der Waals surface area contributed by atoms with Crippen molar-refractivity contribution in [2.45, 2.75) is 20.3 Å². The molecule has 0 saturated carbocycles. The van der Waals surface area contributed by atoms with Crippen molar-refractivity contribution in [1.82, 2.24) is 10.3 Å². The first kappa shape index (κ1) is 12.2. The van der Waals surface area contributed by atoms with Crippen molar-refractivity contribution in [2.75, 3.05) is 20.3 Å². The lowest BCUT2D eigenvalue weighted by Gasteiger charge is -2.16. The normalized spacial score (nSPS) is 11.0. The Morgan fingerprint density at radius 1 is 1.33 bits per heavy atom. The lowest BCUT2D eigenvalue weighted by molar-refractivity contribution is 0.312. The van der Waals surface area contributed by atoms with Crippen LogP contribution in [0.4, 0.5) is 0 Å². The Labute approximate surface area is 92.2 Å². The van der Waals surface area contributed by atoms with Crippen LogP contribution in [0.2, 0.25) is 0 Å². The Bertz CT molecular complexity index is 310. The molecule has 0 spiro atoms. The number of nitrogens with one attached hydrogen (secondary N) is 1. The van der Waals surface area contributed by atoms with Crippen molar-refractivity contribution in [3.63, 3.8) is 0 Å². The fourth-order valence-electron chi connectivity index (χ4n) is 1.62. The van der Waals surface area contributed by atoms with E-state index in [0.717, 1.165) is 19.6 Å². The molecule has 0 aliphatic heterocycles. The number of nitrogens with two attached hydrogens (primary N) is 1. The average Bonchev–Trinajstić information content (AvgIpc) is 2.20. The zero-order valence-electron chi connectivity index (χ0n) is 9.88. The number of likely N-dealkylation sites (N-methyl/N-ethyl adjacent to an activating group) is 1. The van der Waals surface area contributed by atoms with Crippen LogP contribution in [-0.2, 0) is 6.42 Å². The highest BCUT2D eigenvalue weighted by Crippen LogP contribution is 2.11. The third kappa shape index (κ3) is 4.00. The van der Waals surface area contributed by atoms with E-state index in [4.69, 9.17) is 5.84 Å². The van der Waals surface area contributed by atoms with Crippen LogP contribution >= 0.6 is 0 Å². The van der Waals surface area contributed by atoms with E-state index in [0.29, 0.717) is 0 Å². The SMILES string of the molecule is Cc1ccc(C)c(CCN(C)CNN)c1. The quantitative estimate of drug-likeness (QED) is 0.433. The molecular formula is C12H21N3. The molecule has 0 bridgehead atoms. The van der Waals surface area contributed by atoms with Crippen LogP contribution in [0.25, 0.3) is 0 Å². The van der Waals surface area contributed by atoms with E-state index in [1.807, 2.05) is 0 Å². The molecule has 3 heteroatoms. The van der Waals surface area contributed by atoms with Crippen molar-refractivity contribution in [3.8, 4) is 0 Å². The van der Waals surface area contributed by atoms with Gasteiger partial charge in [-0.1, -0.05) is 23.8 Å². The predicted molar refractivity (Wildman–Crippen MR) is 64.4 cm³/mol. The van der Waals surface area contributed by atoms with Gasteiger partial charge in [-0.15, -0.1) is 0 Å². The lowest BCUT2D eigenvalue weighted by atomic mass is 10.0.